The molecule has 0 amide bonds. The average molecular weight is 142 g/mol. The van der Waals surface area contributed by atoms with Crippen LogP contribution < -0.4 is 0 Å². The summed E-state index contributed by atoms with van der Waals surface area (Å²) in [5, 5.41) is 8.55. The van der Waals surface area contributed by atoms with Gasteiger partial charge in [-0.25, -0.2) is 4.79 Å². The van der Waals surface area contributed by atoms with Crippen LogP contribution in [0.15, 0.2) is 11.6 Å². The lowest BCUT2D eigenvalue weighted by Gasteiger charge is -2.03. The molecule has 0 heterocycles. The molecule has 0 aliphatic rings. The zero-order chi connectivity index (χ0) is 8.15. The maximum atomic E-state index is 10.4. The Morgan fingerprint density at radius 2 is 2.10 bits per heavy atom. The van der Waals surface area contributed by atoms with Crippen LogP contribution in [-0.4, -0.2) is 11.1 Å². The van der Waals surface area contributed by atoms with Gasteiger partial charge in [0.15, 0.2) is 0 Å². The van der Waals surface area contributed by atoms with Crippen molar-refractivity contribution in [2.75, 3.05) is 0 Å². The first-order chi connectivity index (χ1) is 4.57. The maximum Gasteiger partial charge on any atom is 0.331 e. The minimum atomic E-state index is -0.795. The Bertz CT molecular complexity index is 145. The third-order valence-electron chi connectivity index (χ3n) is 1.25. The van der Waals surface area contributed by atoms with Crippen molar-refractivity contribution in [3.05, 3.63) is 11.6 Å². The van der Waals surface area contributed by atoms with Gasteiger partial charge in [0.1, 0.15) is 0 Å². The Morgan fingerprint density at radius 3 is 2.20 bits per heavy atom. The standard InChI is InChI=1S/C8H14O2/c1-4-7(8(9)10)5-6(2)3/h4,6H,5H2,1-3H3,(H,9,10)/b7-4-. The predicted octanol–water partition coefficient (Wildman–Crippen LogP) is 2.06. The molecule has 0 bridgehead atoms. The first-order valence-electron chi connectivity index (χ1n) is 3.46. The van der Waals surface area contributed by atoms with E-state index in [1.165, 1.54) is 0 Å². The Hall–Kier alpha value is -0.790. The molecule has 10 heavy (non-hydrogen) atoms. The largest absolute Gasteiger partial charge is 0.478 e. The van der Waals surface area contributed by atoms with Gasteiger partial charge in [-0.3, -0.25) is 0 Å². The number of hydrogen-bond donors (Lipinski definition) is 1. The van der Waals surface area contributed by atoms with Crippen LogP contribution in [0.4, 0.5) is 0 Å². The summed E-state index contributed by atoms with van der Waals surface area (Å²) in [6, 6.07) is 0. The number of carboxylic acid groups (broad SMARTS) is 1. The number of hydrogen-bond acceptors (Lipinski definition) is 1. The summed E-state index contributed by atoms with van der Waals surface area (Å²) in [5.41, 5.74) is 0.509. The Morgan fingerprint density at radius 1 is 1.60 bits per heavy atom. The minimum Gasteiger partial charge on any atom is -0.478 e. The van der Waals surface area contributed by atoms with E-state index in [0.29, 0.717) is 17.9 Å². The van der Waals surface area contributed by atoms with Crippen LogP contribution in [0.3, 0.4) is 0 Å². The molecule has 0 atom stereocenters. The summed E-state index contributed by atoms with van der Waals surface area (Å²) in [7, 11) is 0. The minimum absolute atomic E-state index is 0.419. The van der Waals surface area contributed by atoms with Crippen molar-refractivity contribution in [3.63, 3.8) is 0 Å². The van der Waals surface area contributed by atoms with Crippen LogP contribution in [0.1, 0.15) is 27.2 Å². The number of rotatable bonds is 3. The highest BCUT2D eigenvalue weighted by Crippen LogP contribution is 2.09. The fourth-order valence-electron chi connectivity index (χ4n) is 0.768. The molecule has 0 saturated carbocycles. The highest BCUT2D eigenvalue weighted by atomic mass is 16.4. The van der Waals surface area contributed by atoms with Crippen LogP contribution in [0.2, 0.25) is 0 Å². The second kappa shape index (κ2) is 4.09. The Kier molecular flexibility index (Phi) is 3.77. The van der Waals surface area contributed by atoms with Gasteiger partial charge in [-0.15, -0.1) is 0 Å². The van der Waals surface area contributed by atoms with Gasteiger partial charge in [0, 0.05) is 5.57 Å². The summed E-state index contributed by atoms with van der Waals surface area (Å²) in [5.74, 6) is -0.376. The van der Waals surface area contributed by atoms with Gasteiger partial charge in [0.25, 0.3) is 0 Å². The van der Waals surface area contributed by atoms with Gasteiger partial charge in [0.2, 0.25) is 0 Å². The van der Waals surface area contributed by atoms with E-state index in [2.05, 4.69) is 0 Å². The lowest BCUT2D eigenvalue weighted by Crippen LogP contribution is -2.03. The van der Waals surface area contributed by atoms with E-state index in [9.17, 15) is 4.79 Å². The second-order valence-electron chi connectivity index (χ2n) is 2.72. The first kappa shape index (κ1) is 9.21. The highest BCUT2D eigenvalue weighted by molar-refractivity contribution is 5.86. The molecule has 0 aromatic heterocycles. The molecular weight excluding hydrogens is 128 g/mol. The summed E-state index contributed by atoms with van der Waals surface area (Å²) in [4.78, 5) is 10.4. The van der Waals surface area contributed by atoms with E-state index in [1.54, 1.807) is 13.0 Å². The van der Waals surface area contributed by atoms with Crippen molar-refractivity contribution >= 4 is 5.97 Å². The van der Waals surface area contributed by atoms with Crippen molar-refractivity contribution in [2.45, 2.75) is 27.2 Å². The van der Waals surface area contributed by atoms with E-state index < -0.39 is 5.97 Å². The number of aliphatic carboxylic acids is 1. The monoisotopic (exact) mass is 142 g/mol. The van der Waals surface area contributed by atoms with Gasteiger partial charge in [-0.05, 0) is 19.3 Å². The van der Waals surface area contributed by atoms with Gasteiger partial charge < -0.3 is 5.11 Å². The molecule has 0 radical (unpaired) electrons. The highest BCUT2D eigenvalue weighted by Gasteiger charge is 2.06. The van der Waals surface area contributed by atoms with Gasteiger partial charge in [0.05, 0.1) is 0 Å². The molecule has 2 heteroatoms. The molecule has 2 nitrogen and oxygen atoms in total. The van der Waals surface area contributed by atoms with Crippen molar-refractivity contribution in [3.8, 4) is 0 Å². The number of allylic oxidation sites excluding steroid dienone is 1. The topological polar surface area (TPSA) is 37.3 Å². The number of carboxylic acids is 1. The maximum absolute atomic E-state index is 10.4. The lowest BCUT2D eigenvalue weighted by atomic mass is 10.0. The second-order valence-corrected chi connectivity index (χ2v) is 2.72. The Balaban J connectivity index is 3.99. The quantitative estimate of drug-likeness (QED) is 0.612. The third-order valence-corrected chi connectivity index (χ3v) is 1.25. The van der Waals surface area contributed by atoms with Crippen LogP contribution in [0.5, 0.6) is 0 Å². The van der Waals surface area contributed by atoms with Crippen molar-refractivity contribution in [1.29, 1.82) is 0 Å². The number of carbonyl (C=O) groups is 1. The molecular formula is C8H14O2. The molecule has 0 spiro atoms. The van der Waals surface area contributed by atoms with Gasteiger partial charge in [-0.1, -0.05) is 19.9 Å². The first-order valence-corrected chi connectivity index (χ1v) is 3.46. The molecule has 0 rings (SSSR count). The molecule has 0 aromatic carbocycles. The summed E-state index contributed by atoms with van der Waals surface area (Å²) >= 11 is 0. The molecule has 0 saturated heterocycles. The fourth-order valence-corrected chi connectivity index (χ4v) is 0.768. The van der Waals surface area contributed by atoms with Crippen LogP contribution >= 0.6 is 0 Å². The van der Waals surface area contributed by atoms with Gasteiger partial charge >= 0.3 is 5.97 Å². The zero-order valence-corrected chi connectivity index (χ0v) is 6.72. The van der Waals surface area contributed by atoms with Crippen molar-refractivity contribution < 1.29 is 9.90 Å². The molecule has 58 valence electrons. The zero-order valence-electron chi connectivity index (χ0n) is 6.72. The summed E-state index contributed by atoms with van der Waals surface area (Å²) in [6.45, 7) is 5.77. The smallest absolute Gasteiger partial charge is 0.331 e. The molecule has 0 aromatic rings. The van der Waals surface area contributed by atoms with Crippen LogP contribution in [0.25, 0.3) is 0 Å². The molecule has 0 fully saturated rings. The van der Waals surface area contributed by atoms with E-state index in [4.69, 9.17) is 5.11 Å². The van der Waals surface area contributed by atoms with Crippen molar-refractivity contribution in [1.82, 2.24) is 0 Å². The van der Waals surface area contributed by atoms with E-state index in [-0.39, 0.29) is 0 Å². The van der Waals surface area contributed by atoms with Gasteiger partial charge in [-0.2, -0.15) is 0 Å². The normalized spacial score (nSPS) is 12.2. The molecule has 0 aliphatic carbocycles. The predicted molar refractivity (Wildman–Crippen MR) is 40.8 cm³/mol. The molecule has 1 N–H and O–H groups in total. The van der Waals surface area contributed by atoms with Crippen molar-refractivity contribution in [2.24, 2.45) is 5.92 Å². The molecule has 0 aliphatic heterocycles. The Labute approximate surface area is 61.6 Å². The van der Waals surface area contributed by atoms with E-state index in [1.807, 2.05) is 13.8 Å². The summed E-state index contributed by atoms with van der Waals surface area (Å²) in [6.07, 6.45) is 2.31. The summed E-state index contributed by atoms with van der Waals surface area (Å²) < 4.78 is 0. The fraction of sp³-hybridized carbons (Fsp3) is 0.625. The SMILES string of the molecule is C/C=C(/CC(C)C)C(=O)O. The molecule has 0 unspecified atom stereocenters. The third kappa shape index (κ3) is 3.28. The average Bonchev–Trinajstić information content (AvgIpc) is 1.81. The van der Waals surface area contributed by atoms with Crippen LogP contribution in [0, 0.1) is 5.92 Å². The van der Waals surface area contributed by atoms with E-state index >= 15 is 0 Å². The van der Waals surface area contributed by atoms with Crippen LogP contribution in [-0.2, 0) is 4.79 Å². The van der Waals surface area contributed by atoms with E-state index in [0.717, 1.165) is 0 Å². The lowest BCUT2D eigenvalue weighted by molar-refractivity contribution is -0.132.